The Morgan fingerprint density at radius 2 is 2.11 bits per heavy atom. The number of hydrogen-bond donors (Lipinski definition) is 2. The van der Waals surface area contributed by atoms with Crippen LogP contribution >= 0.6 is 11.6 Å². The highest BCUT2D eigenvalue weighted by Gasteiger charge is 2.24. The fraction of sp³-hybridized carbons (Fsp3) is 0.250. The smallest absolute Gasteiger partial charge is 0.266 e. The number of amides is 1. The summed E-state index contributed by atoms with van der Waals surface area (Å²) in [5.74, 6) is 0.0234. The molecule has 1 aliphatic heterocycles. The number of rotatable bonds is 6. The number of nitrogens with one attached hydrogen (secondary N) is 2. The molecule has 35 heavy (non-hydrogen) atoms. The molecule has 9 nitrogen and oxygen atoms in total. The van der Waals surface area contributed by atoms with E-state index in [-0.39, 0.29) is 42.6 Å². The largest absolute Gasteiger partial charge is 0.365 e. The number of pyridine rings is 2. The Hall–Kier alpha value is -3.76. The molecule has 1 fully saturated rings. The molecule has 0 aliphatic carbocycles. The summed E-state index contributed by atoms with van der Waals surface area (Å²) in [7, 11) is 0. The molecule has 5 rings (SSSR count). The molecule has 11 heteroatoms. The summed E-state index contributed by atoms with van der Waals surface area (Å²) in [5, 5.41) is 11.0. The van der Waals surface area contributed by atoms with Gasteiger partial charge in [-0.25, -0.2) is 9.37 Å². The zero-order chi connectivity index (χ0) is 24.5. The summed E-state index contributed by atoms with van der Waals surface area (Å²) in [6.45, 7) is 2.52. The summed E-state index contributed by atoms with van der Waals surface area (Å²) in [5.41, 5.74) is 1.20. The average molecular weight is 497 g/mol. The summed E-state index contributed by atoms with van der Waals surface area (Å²) in [4.78, 5) is 28.9. The number of benzene rings is 1. The van der Waals surface area contributed by atoms with E-state index < -0.39 is 0 Å². The second-order valence-electron chi connectivity index (χ2n) is 8.29. The third kappa shape index (κ3) is 4.62. The maximum absolute atomic E-state index is 14.1. The number of fused-ring (bicyclic) bond motifs is 1. The minimum Gasteiger partial charge on any atom is -0.365 e. The van der Waals surface area contributed by atoms with E-state index in [1.165, 1.54) is 23.0 Å². The van der Waals surface area contributed by atoms with Crippen molar-refractivity contribution in [3.63, 3.8) is 0 Å². The molecular formula is C24H22ClFN6O3. The first-order valence-electron chi connectivity index (χ1n) is 11.0. The SMILES string of the molecule is CC(Nc1cc(-n2ccc3c(cnn3Cc3ccccc3F)c2=O)c(Cl)cn1)[C@H]1CNC(=O)CO1. The predicted octanol–water partition coefficient (Wildman–Crippen LogP) is 2.74. The number of anilines is 1. The van der Waals surface area contributed by atoms with Crippen LogP contribution in [0, 0.1) is 5.82 Å². The van der Waals surface area contributed by atoms with Crippen molar-refractivity contribution in [2.24, 2.45) is 0 Å². The lowest BCUT2D eigenvalue weighted by molar-refractivity contribution is -0.133. The minimum absolute atomic E-state index is 0.00991. The number of morpholine rings is 1. The number of aromatic nitrogens is 4. The van der Waals surface area contributed by atoms with Gasteiger partial charge in [-0.05, 0) is 19.1 Å². The van der Waals surface area contributed by atoms with Crippen LogP contribution in [0.15, 0.2) is 59.8 Å². The lowest BCUT2D eigenvalue weighted by atomic mass is 10.1. The van der Waals surface area contributed by atoms with Crippen molar-refractivity contribution >= 4 is 34.2 Å². The molecule has 0 spiro atoms. The monoisotopic (exact) mass is 496 g/mol. The van der Waals surface area contributed by atoms with Gasteiger partial charge >= 0.3 is 0 Å². The zero-order valence-corrected chi connectivity index (χ0v) is 19.5. The second-order valence-corrected chi connectivity index (χ2v) is 8.70. The van der Waals surface area contributed by atoms with Crippen molar-refractivity contribution in [2.45, 2.75) is 25.6 Å². The molecule has 4 heterocycles. The van der Waals surface area contributed by atoms with Gasteiger partial charge in [-0.15, -0.1) is 0 Å². The summed E-state index contributed by atoms with van der Waals surface area (Å²) in [6.07, 6.45) is 4.32. The van der Waals surface area contributed by atoms with Crippen LogP contribution in [0.5, 0.6) is 0 Å². The summed E-state index contributed by atoms with van der Waals surface area (Å²) in [6, 6.07) is 9.72. The molecule has 1 aliphatic rings. The van der Waals surface area contributed by atoms with E-state index in [0.717, 1.165) is 0 Å². The van der Waals surface area contributed by atoms with E-state index >= 15 is 0 Å². The first kappa shape index (κ1) is 23.0. The first-order chi connectivity index (χ1) is 16.9. The van der Waals surface area contributed by atoms with Gasteiger partial charge in [0.15, 0.2) is 0 Å². The fourth-order valence-electron chi connectivity index (χ4n) is 4.03. The highest BCUT2D eigenvalue weighted by molar-refractivity contribution is 6.32. The highest BCUT2D eigenvalue weighted by Crippen LogP contribution is 2.23. The highest BCUT2D eigenvalue weighted by atomic mass is 35.5. The summed E-state index contributed by atoms with van der Waals surface area (Å²) >= 11 is 6.40. The Morgan fingerprint density at radius 1 is 1.29 bits per heavy atom. The third-order valence-corrected chi connectivity index (χ3v) is 6.24. The third-order valence-electron chi connectivity index (χ3n) is 5.95. The first-order valence-corrected chi connectivity index (χ1v) is 11.4. The number of carbonyl (C=O) groups is 1. The van der Waals surface area contributed by atoms with E-state index in [1.807, 2.05) is 6.92 Å². The number of hydrogen-bond acceptors (Lipinski definition) is 6. The Morgan fingerprint density at radius 3 is 2.89 bits per heavy atom. The maximum Gasteiger partial charge on any atom is 0.266 e. The molecular weight excluding hydrogens is 475 g/mol. The normalized spacial score (nSPS) is 16.8. The van der Waals surface area contributed by atoms with Crippen molar-refractivity contribution in [2.75, 3.05) is 18.5 Å². The van der Waals surface area contributed by atoms with E-state index in [0.29, 0.717) is 39.5 Å². The minimum atomic E-state index is -0.330. The average Bonchev–Trinajstić information content (AvgIpc) is 3.26. The molecule has 3 aromatic heterocycles. The molecule has 2 atom stereocenters. The van der Waals surface area contributed by atoms with Crippen molar-refractivity contribution in [1.82, 2.24) is 24.6 Å². The second kappa shape index (κ2) is 9.47. The van der Waals surface area contributed by atoms with Crippen LogP contribution in [0.1, 0.15) is 12.5 Å². The lowest BCUT2D eigenvalue weighted by Crippen LogP contribution is -2.49. The quantitative estimate of drug-likeness (QED) is 0.425. The summed E-state index contributed by atoms with van der Waals surface area (Å²) < 4.78 is 22.7. The van der Waals surface area contributed by atoms with Crippen LogP contribution < -0.4 is 16.2 Å². The van der Waals surface area contributed by atoms with Gasteiger partial charge in [0.1, 0.15) is 18.2 Å². The van der Waals surface area contributed by atoms with Gasteiger partial charge in [-0.3, -0.25) is 18.8 Å². The van der Waals surface area contributed by atoms with Gasteiger partial charge in [-0.2, -0.15) is 5.10 Å². The fourth-order valence-corrected chi connectivity index (χ4v) is 4.22. The van der Waals surface area contributed by atoms with Gasteiger partial charge < -0.3 is 15.4 Å². The van der Waals surface area contributed by atoms with Crippen molar-refractivity contribution < 1.29 is 13.9 Å². The maximum atomic E-state index is 14.1. The Labute approximate surface area is 204 Å². The Balaban J connectivity index is 1.43. The molecule has 0 saturated carbocycles. The molecule has 1 amide bonds. The molecule has 1 unspecified atom stereocenters. The number of ether oxygens (including phenoxy) is 1. The van der Waals surface area contributed by atoms with Gasteiger partial charge in [0.25, 0.3) is 5.56 Å². The van der Waals surface area contributed by atoms with Crippen LogP contribution in [0.3, 0.4) is 0 Å². The number of halogens is 2. The standard InChI is InChI=1S/C24H22ClFN6O3/c1-14(21-11-28-23(33)13-35-21)30-22-8-20(17(25)10-27-22)31-7-6-19-16(24(31)34)9-29-32(19)12-15-4-2-3-5-18(15)26/h2-10,14,21H,11-13H2,1H3,(H,27,30)(H,28,33)/t14?,21-/m1/s1. The van der Waals surface area contributed by atoms with Gasteiger partial charge in [0, 0.05) is 24.4 Å². The molecule has 1 saturated heterocycles. The van der Waals surface area contributed by atoms with E-state index in [4.69, 9.17) is 16.3 Å². The van der Waals surface area contributed by atoms with Crippen molar-refractivity contribution in [1.29, 1.82) is 0 Å². The van der Waals surface area contributed by atoms with Crippen molar-refractivity contribution in [3.8, 4) is 5.69 Å². The Bertz CT molecular complexity index is 1460. The molecule has 2 N–H and O–H groups in total. The van der Waals surface area contributed by atoms with Crippen LogP contribution in [0.2, 0.25) is 5.02 Å². The molecule has 1 aromatic carbocycles. The number of nitrogens with zero attached hydrogens (tertiary/aromatic N) is 4. The Kier molecular flexibility index (Phi) is 6.23. The lowest BCUT2D eigenvalue weighted by Gasteiger charge is -2.29. The van der Waals surface area contributed by atoms with Crippen LogP contribution in [0.4, 0.5) is 10.2 Å². The van der Waals surface area contributed by atoms with Crippen LogP contribution in [-0.4, -0.2) is 50.5 Å². The van der Waals surface area contributed by atoms with Gasteiger partial charge in [-0.1, -0.05) is 29.8 Å². The topological polar surface area (TPSA) is 103 Å². The number of carbonyl (C=O) groups excluding carboxylic acids is 1. The molecule has 180 valence electrons. The van der Waals surface area contributed by atoms with E-state index in [1.54, 1.807) is 41.2 Å². The molecule has 0 bridgehead atoms. The van der Waals surface area contributed by atoms with Gasteiger partial charge in [0.05, 0.1) is 52.7 Å². The molecule has 4 aromatic rings. The van der Waals surface area contributed by atoms with E-state index in [9.17, 15) is 14.0 Å². The zero-order valence-electron chi connectivity index (χ0n) is 18.7. The van der Waals surface area contributed by atoms with E-state index in [2.05, 4.69) is 20.7 Å². The van der Waals surface area contributed by atoms with Crippen LogP contribution in [-0.2, 0) is 16.1 Å². The predicted molar refractivity (Wildman–Crippen MR) is 129 cm³/mol. The molecule has 0 radical (unpaired) electrons. The van der Waals surface area contributed by atoms with Crippen molar-refractivity contribution in [3.05, 3.63) is 81.7 Å². The van der Waals surface area contributed by atoms with Crippen LogP contribution in [0.25, 0.3) is 16.6 Å². The van der Waals surface area contributed by atoms with Gasteiger partial charge in [0.2, 0.25) is 5.91 Å².